The van der Waals surface area contributed by atoms with Crippen LogP contribution < -0.4 is 5.73 Å². The average molecular weight is 215 g/mol. The van der Waals surface area contributed by atoms with Gasteiger partial charge < -0.3 is 15.3 Å². The first kappa shape index (κ1) is 14.1. The molecule has 88 valence electrons. The Morgan fingerprint density at radius 3 is 2.53 bits per heavy atom. The Balaban J connectivity index is 3.43. The van der Waals surface area contributed by atoms with Crippen molar-refractivity contribution in [3.8, 4) is 0 Å². The lowest BCUT2D eigenvalue weighted by Crippen LogP contribution is -2.37. The second-order valence-corrected chi connectivity index (χ2v) is 3.95. The summed E-state index contributed by atoms with van der Waals surface area (Å²) in [5.74, 6) is -0.229. The molecule has 0 unspecified atom stereocenters. The molecular formula is C11H21NO3. The molecule has 0 saturated heterocycles. The van der Waals surface area contributed by atoms with Gasteiger partial charge in [-0.05, 0) is 25.2 Å². The van der Waals surface area contributed by atoms with E-state index in [1.165, 1.54) is 0 Å². The van der Waals surface area contributed by atoms with Crippen LogP contribution >= 0.6 is 0 Å². The van der Waals surface area contributed by atoms with Gasteiger partial charge in [0, 0.05) is 6.42 Å². The molecule has 0 aliphatic heterocycles. The number of carbonyl (C=O) groups excluding carboxylic acids is 2. The average Bonchev–Trinajstić information content (AvgIpc) is 2.21. The van der Waals surface area contributed by atoms with E-state index < -0.39 is 6.04 Å². The van der Waals surface area contributed by atoms with Crippen molar-refractivity contribution in [3.63, 3.8) is 0 Å². The van der Waals surface area contributed by atoms with Gasteiger partial charge in [-0.15, -0.1) is 0 Å². The van der Waals surface area contributed by atoms with Gasteiger partial charge in [-0.1, -0.05) is 13.8 Å². The molecule has 0 aromatic heterocycles. The molecule has 4 nitrogen and oxygen atoms in total. The third-order valence-corrected chi connectivity index (χ3v) is 2.20. The minimum Gasteiger partial charge on any atom is -0.465 e. The Morgan fingerprint density at radius 2 is 2.00 bits per heavy atom. The molecule has 0 fully saturated rings. The molecule has 0 heterocycles. The van der Waals surface area contributed by atoms with Gasteiger partial charge in [-0.2, -0.15) is 0 Å². The molecule has 0 spiro atoms. The number of unbranched alkanes of at least 4 members (excludes halogenated alkanes) is 3. The molecule has 0 bridgehead atoms. The van der Waals surface area contributed by atoms with Crippen molar-refractivity contribution in [2.45, 2.75) is 45.6 Å². The number of carbonyl (C=O) groups is 2. The zero-order valence-corrected chi connectivity index (χ0v) is 9.57. The lowest BCUT2D eigenvalue weighted by molar-refractivity contribution is -0.146. The molecule has 4 heteroatoms. The van der Waals surface area contributed by atoms with Gasteiger partial charge in [0.15, 0.2) is 0 Å². The number of ether oxygens (including phenoxy) is 1. The Kier molecular flexibility index (Phi) is 7.91. The van der Waals surface area contributed by atoms with E-state index in [1.54, 1.807) is 0 Å². The summed E-state index contributed by atoms with van der Waals surface area (Å²) in [6.45, 7) is 4.17. The van der Waals surface area contributed by atoms with Crippen molar-refractivity contribution in [3.05, 3.63) is 0 Å². The number of nitrogens with two attached hydrogens (primary N) is 1. The standard InChI is InChI=1S/C11H21NO3/c1-9(2)10(12)11(14)15-8-6-4-3-5-7-13/h7,9-10H,3-6,8,12H2,1-2H3/t10-/m0/s1. The van der Waals surface area contributed by atoms with Crippen LogP contribution in [-0.4, -0.2) is 24.9 Å². The van der Waals surface area contributed by atoms with Crippen molar-refractivity contribution in [2.24, 2.45) is 11.7 Å². The maximum atomic E-state index is 11.3. The predicted octanol–water partition coefficient (Wildman–Crippen LogP) is 1.27. The highest BCUT2D eigenvalue weighted by molar-refractivity contribution is 5.75. The van der Waals surface area contributed by atoms with Crippen LogP contribution in [-0.2, 0) is 14.3 Å². The summed E-state index contributed by atoms with van der Waals surface area (Å²) in [6, 6.07) is -0.528. The Labute approximate surface area is 91.2 Å². The molecule has 0 rings (SSSR count). The largest absolute Gasteiger partial charge is 0.465 e. The summed E-state index contributed by atoms with van der Waals surface area (Å²) >= 11 is 0. The lowest BCUT2D eigenvalue weighted by atomic mass is 10.1. The van der Waals surface area contributed by atoms with Gasteiger partial charge in [0.25, 0.3) is 0 Å². The highest BCUT2D eigenvalue weighted by atomic mass is 16.5. The van der Waals surface area contributed by atoms with E-state index in [4.69, 9.17) is 10.5 Å². The van der Waals surface area contributed by atoms with Crippen LogP contribution in [0.4, 0.5) is 0 Å². The fourth-order valence-corrected chi connectivity index (χ4v) is 1.05. The molecule has 2 N–H and O–H groups in total. The molecule has 1 atom stereocenters. The first-order chi connectivity index (χ1) is 7.09. The lowest BCUT2D eigenvalue weighted by Gasteiger charge is -2.14. The van der Waals surface area contributed by atoms with Gasteiger partial charge in [0.2, 0.25) is 0 Å². The summed E-state index contributed by atoms with van der Waals surface area (Å²) in [4.78, 5) is 21.3. The topological polar surface area (TPSA) is 69.4 Å². The minimum atomic E-state index is -0.528. The highest BCUT2D eigenvalue weighted by Crippen LogP contribution is 2.03. The smallest absolute Gasteiger partial charge is 0.323 e. The maximum absolute atomic E-state index is 11.3. The molecule has 0 aliphatic carbocycles. The Morgan fingerprint density at radius 1 is 1.33 bits per heavy atom. The highest BCUT2D eigenvalue weighted by Gasteiger charge is 2.18. The number of rotatable bonds is 8. The van der Waals surface area contributed by atoms with Crippen LogP contribution in [0, 0.1) is 5.92 Å². The van der Waals surface area contributed by atoms with Crippen molar-refractivity contribution in [1.82, 2.24) is 0 Å². The summed E-state index contributed by atoms with van der Waals surface area (Å²) < 4.78 is 4.99. The maximum Gasteiger partial charge on any atom is 0.323 e. The van der Waals surface area contributed by atoms with Crippen molar-refractivity contribution in [1.29, 1.82) is 0 Å². The number of hydrogen-bond donors (Lipinski definition) is 1. The van der Waals surface area contributed by atoms with Gasteiger partial charge in [-0.3, -0.25) is 4.79 Å². The fraction of sp³-hybridized carbons (Fsp3) is 0.818. The monoisotopic (exact) mass is 215 g/mol. The van der Waals surface area contributed by atoms with Crippen LogP contribution in [0.1, 0.15) is 39.5 Å². The molecule has 0 amide bonds. The summed E-state index contributed by atoms with van der Waals surface area (Å²) in [5, 5.41) is 0. The summed E-state index contributed by atoms with van der Waals surface area (Å²) in [5.41, 5.74) is 5.60. The first-order valence-corrected chi connectivity index (χ1v) is 5.45. The summed E-state index contributed by atoms with van der Waals surface area (Å²) in [6.07, 6.45) is 4.05. The summed E-state index contributed by atoms with van der Waals surface area (Å²) in [7, 11) is 0. The Hall–Kier alpha value is -0.900. The SMILES string of the molecule is CC(C)[C@H](N)C(=O)OCCCCCC=O. The zero-order chi connectivity index (χ0) is 11.7. The van der Waals surface area contributed by atoms with E-state index in [-0.39, 0.29) is 11.9 Å². The van der Waals surface area contributed by atoms with Gasteiger partial charge in [0.1, 0.15) is 12.3 Å². The van der Waals surface area contributed by atoms with Gasteiger partial charge >= 0.3 is 5.97 Å². The van der Waals surface area contributed by atoms with E-state index in [1.807, 2.05) is 13.8 Å². The third kappa shape index (κ3) is 7.08. The Bertz CT molecular complexity index is 192. The van der Waals surface area contributed by atoms with Crippen LogP contribution in [0.25, 0.3) is 0 Å². The van der Waals surface area contributed by atoms with Crippen molar-refractivity contribution >= 4 is 12.3 Å². The first-order valence-electron chi connectivity index (χ1n) is 5.45. The quantitative estimate of drug-likeness (QED) is 0.376. The van der Waals surface area contributed by atoms with E-state index in [9.17, 15) is 9.59 Å². The minimum absolute atomic E-state index is 0.104. The van der Waals surface area contributed by atoms with E-state index >= 15 is 0 Å². The molecule has 0 aromatic carbocycles. The fourth-order valence-electron chi connectivity index (χ4n) is 1.05. The van der Waals surface area contributed by atoms with Gasteiger partial charge in [0.05, 0.1) is 6.61 Å². The van der Waals surface area contributed by atoms with Gasteiger partial charge in [-0.25, -0.2) is 0 Å². The van der Waals surface area contributed by atoms with Crippen LogP contribution in [0.5, 0.6) is 0 Å². The van der Waals surface area contributed by atoms with Crippen molar-refractivity contribution in [2.75, 3.05) is 6.61 Å². The molecule has 15 heavy (non-hydrogen) atoms. The second kappa shape index (κ2) is 8.41. The molecule has 0 aliphatic rings. The van der Waals surface area contributed by atoms with E-state index in [0.29, 0.717) is 13.0 Å². The molecule has 0 saturated carbocycles. The van der Waals surface area contributed by atoms with Crippen LogP contribution in [0.2, 0.25) is 0 Å². The number of aldehydes is 1. The molecular weight excluding hydrogens is 194 g/mol. The van der Waals surface area contributed by atoms with Crippen LogP contribution in [0.3, 0.4) is 0 Å². The van der Waals surface area contributed by atoms with E-state index in [2.05, 4.69) is 0 Å². The predicted molar refractivity (Wildman–Crippen MR) is 58.3 cm³/mol. The van der Waals surface area contributed by atoms with E-state index in [0.717, 1.165) is 25.5 Å². The van der Waals surface area contributed by atoms with Crippen LogP contribution in [0.15, 0.2) is 0 Å². The molecule has 0 radical (unpaired) electrons. The zero-order valence-electron chi connectivity index (χ0n) is 9.57. The third-order valence-electron chi connectivity index (χ3n) is 2.20. The number of esters is 1. The molecule has 0 aromatic rings. The normalized spacial score (nSPS) is 12.5. The second-order valence-electron chi connectivity index (χ2n) is 3.95. The van der Waals surface area contributed by atoms with Crippen molar-refractivity contribution < 1.29 is 14.3 Å². The number of hydrogen-bond acceptors (Lipinski definition) is 4.